The van der Waals surface area contributed by atoms with Crippen molar-refractivity contribution in [3.8, 4) is 11.5 Å². The van der Waals surface area contributed by atoms with Gasteiger partial charge in [0.15, 0.2) is 17.3 Å². The molecule has 0 bridgehead atoms. The van der Waals surface area contributed by atoms with Crippen LogP contribution in [0, 0.1) is 11.2 Å². The summed E-state index contributed by atoms with van der Waals surface area (Å²) in [6, 6.07) is 14.6. The number of anilines is 1. The standard InChI is InChI=1S/C27H26FNO3/c1-27(2)13-18-24-16-8-6-5-7-15(16)9-10-20(24)29-26(25(18)21(30)14-27)17-11-22(31-3)23(32-4)12-19(17)28/h5-12,26,29H,13-14H2,1-4H3. The van der Waals surface area contributed by atoms with E-state index in [0.29, 0.717) is 29.1 Å². The van der Waals surface area contributed by atoms with Gasteiger partial charge in [-0.15, -0.1) is 0 Å². The Morgan fingerprint density at radius 3 is 2.47 bits per heavy atom. The second-order valence-electron chi connectivity index (χ2n) is 9.35. The molecule has 0 fully saturated rings. The van der Waals surface area contributed by atoms with Crippen molar-refractivity contribution in [2.24, 2.45) is 5.41 Å². The maximum absolute atomic E-state index is 15.3. The highest BCUT2D eigenvalue weighted by molar-refractivity contribution is 6.12. The lowest BCUT2D eigenvalue weighted by atomic mass is 9.68. The first kappa shape index (κ1) is 20.6. The minimum atomic E-state index is -0.595. The second kappa shape index (κ2) is 7.37. The van der Waals surface area contributed by atoms with Gasteiger partial charge in [-0.1, -0.05) is 44.2 Å². The molecule has 1 heterocycles. The molecule has 1 aliphatic carbocycles. The van der Waals surface area contributed by atoms with Crippen LogP contribution in [0.5, 0.6) is 11.5 Å². The number of hydrogen-bond donors (Lipinski definition) is 1. The van der Waals surface area contributed by atoms with E-state index in [9.17, 15) is 4.79 Å². The fourth-order valence-electron chi connectivity index (χ4n) is 5.16. The van der Waals surface area contributed by atoms with Gasteiger partial charge in [-0.05, 0) is 40.3 Å². The first-order valence-electron chi connectivity index (χ1n) is 10.8. The van der Waals surface area contributed by atoms with Gasteiger partial charge in [0.25, 0.3) is 0 Å². The molecule has 32 heavy (non-hydrogen) atoms. The number of halogens is 1. The average molecular weight is 432 g/mol. The highest BCUT2D eigenvalue weighted by atomic mass is 19.1. The molecular weight excluding hydrogens is 405 g/mol. The normalized spacial score (nSPS) is 19.3. The van der Waals surface area contributed by atoms with Gasteiger partial charge in [0.05, 0.1) is 20.3 Å². The quantitative estimate of drug-likeness (QED) is 0.528. The third-order valence-electron chi connectivity index (χ3n) is 6.55. The molecular formula is C27H26FNO3. The van der Waals surface area contributed by atoms with Crippen molar-refractivity contribution in [3.05, 3.63) is 71.0 Å². The SMILES string of the molecule is COc1cc(F)c(C2Nc3ccc4ccccc4c3C3=C2C(=O)CC(C)(C)C3)cc1OC. The van der Waals surface area contributed by atoms with Crippen LogP contribution in [-0.2, 0) is 4.79 Å². The van der Waals surface area contributed by atoms with Crippen LogP contribution in [0.1, 0.15) is 43.9 Å². The van der Waals surface area contributed by atoms with Crippen LogP contribution in [0.4, 0.5) is 10.1 Å². The maximum Gasteiger partial charge on any atom is 0.163 e. The number of ketones is 1. The fraction of sp³-hybridized carbons (Fsp3) is 0.296. The molecule has 1 atom stereocenters. The third-order valence-corrected chi connectivity index (χ3v) is 6.55. The van der Waals surface area contributed by atoms with E-state index in [1.54, 1.807) is 6.07 Å². The molecule has 0 radical (unpaired) electrons. The van der Waals surface area contributed by atoms with Gasteiger partial charge in [-0.2, -0.15) is 0 Å². The Morgan fingerprint density at radius 2 is 1.72 bits per heavy atom. The van der Waals surface area contributed by atoms with Crippen LogP contribution in [0.15, 0.2) is 54.1 Å². The molecule has 1 unspecified atom stereocenters. The number of methoxy groups -OCH3 is 2. The Morgan fingerprint density at radius 1 is 1.00 bits per heavy atom. The van der Waals surface area contributed by atoms with Gasteiger partial charge < -0.3 is 14.8 Å². The van der Waals surface area contributed by atoms with Crippen molar-refractivity contribution in [3.63, 3.8) is 0 Å². The van der Waals surface area contributed by atoms with Crippen LogP contribution >= 0.6 is 0 Å². The molecule has 4 nitrogen and oxygen atoms in total. The van der Waals surface area contributed by atoms with Gasteiger partial charge >= 0.3 is 0 Å². The summed E-state index contributed by atoms with van der Waals surface area (Å²) in [5.74, 6) is 0.373. The Labute approximate surface area is 187 Å². The number of allylic oxidation sites excluding steroid dienone is 1. The molecule has 1 N–H and O–H groups in total. The number of hydrogen-bond acceptors (Lipinski definition) is 4. The van der Waals surface area contributed by atoms with E-state index >= 15 is 4.39 Å². The van der Waals surface area contributed by atoms with Crippen LogP contribution in [0.25, 0.3) is 16.3 Å². The summed E-state index contributed by atoms with van der Waals surface area (Å²) in [6.45, 7) is 4.24. The van der Waals surface area contributed by atoms with E-state index in [1.807, 2.05) is 18.2 Å². The summed E-state index contributed by atoms with van der Waals surface area (Å²) in [7, 11) is 3.00. The fourth-order valence-corrected chi connectivity index (χ4v) is 5.16. The Kier molecular flexibility index (Phi) is 4.73. The number of carbonyl (C=O) groups is 1. The number of fused-ring (bicyclic) bond motifs is 4. The minimum absolute atomic E-state index is 0.0570. The molecule has 0 amide bonds. The third kappa shape index (κ3) is 3.15. The van der Waals surface area contributed by atoms with Gasteiger partial charge in [0.1, 0.15) is 5.82 Å². The molecule has 1 aliphatic heterocycles. The minimum Gasteiger partial charge on any atom is -0.493 e. The number of carbonyl (C=O) groups excluding carboxylic acids is 1. The van der Waals surface area contributed by atoms with Gasteiger partial charge in [0, 0.05) is 34.9 Å². The van der Waals surface area contributed by atoms with Gasteiger partial charge in [0.2, 0.25) is 0 Å². The van der Waals surface area contributed by atoms with Gasteiger partial charge in [-0.25, -0.2) is 4.39 Å². The van der Waals surface area contributed by atoms with Crippen molar-refractivity contribution >= 4 is 27.8 Å². The Balaban J connectivity index is 1.79. The van der Waals surface area contributed by atoms with E-state index in [1.165, 1.54) is 20.3 Å². The number of nitrogens with one attached hydrogen (secondary N) is 1. The van der Waals surface area contributed by atoms with Crippen LogP contribution in [0.3, 0.4) is 0 Å². The van der Waals surface area contributed by atoms with E-state index in [-0.39, 0.29) is 11.2 Å². The Hall–Kier alpha value is -3.34. The van der Waals surface area contributed by atoms with Crippen molar-refractivity contribution < 1.29 is 18.7 Å². The zero-order valence-electron chi connectivity index (χ0n) is 18.7. The van der Waals surface area contributed by atoms with Crippen LogP contribution in [0.2, 0.25) is 0 Å². The monoisotopic (exact) mass is 431 g/mol. The molecule has 5 rings (SSSR count). The van der Waals surface area contributed by atoms with E-state index < -0.39 is 11.9 Å². The first-order valence-corrected chi connectivity index (χ1v) is 10.8. The predicted molar refractivity (Wildman–Crippen MR) is 125 cm³/mol. The van der Waals surface area contributed by atoms with E-state index in [0.717, 1.165) is 34.0 Å². The summed E-state index contributed by atoms with van der Waals surface area (Å²) in [5, 5.41) is 5.69. The highest BCUT2D eigenvalue weighted by Gasteiger charge is 2.41. The molecule has 164 valence electrons. The average Bonchev–Trinajstić information content (AvgIpc) is 2.77. The van der Waals surface area contributed by atoms with Crippen molar-refractivity contribution in [1.82, 2.24) is 0 Å². The summed E-state index contributed by atoms with van der Waals surface area (Å²) >= 11 is 0. The summed E-state index contributed by atoms with van der Waals surface area (Å²) < 4.78 is 26.0. The number of benzene rings is 3. The Bertz CT molecular complexity index is 1290. The number of Topliss-reactive ketones (excluding diaryl/α,β-unsaturated/α-hetero) is 1. The summed E-state index contributed by atoms with van der Waals surface area (Å²) in [6.07, 6.45) is 1.18. The molecule has 0 saturated carbocycles. The second-order valence-corrected chi connectivity index (χ2v) is 9.35. The van der Waals surface area contributed by atoms with Crippen molar-refractivity contribution in [2.75, 3.05) is 19.5 Å². The zero-order chi connectivity index (χ0) is 22.6. The maximum atomic E-state index is 15.3. The zero-order valence-corrected chi connectivity index (χ0v) is 18.7. The van der Waals surface area contributed by atoms with E-state index in [4.69, 9.17) is 9.47 Å². The van der Waals surface area contributed by atoms with Gasteiger partial charge in [-0.3, -0.25) is 4.79 Å². The highest BCUT2D eigenvalue weighted by Crippen LogP contribution is 2.52. The lowest BCUT2D eigenvalue weighted by Crippen LogP contribution is -2.33. The van der Waals surface area contributed by atoms with Crippen molar-refractivity contribution in [1.29, 1.82) is 0 Å². The molecule has 2 aliphatic rings. The molecule has 0 aromatic heterocycles. The number of ether oxygens (including phenoxy) is 2. The van der Waals surface area contributed by atoms with Crippen LogP contribution < -0.4 is 14.8 Å². The van der Waals surface area contributed by atoms with E-state index in [2.05, 4.69) is 37.4 Å². The topological polar surface area (TPSA) is 47.6 Å². The first-order chi connectivity index (χ1) is 15.3. The lowest BCUT2D eigenvalue weighted by Gasteiger charge is -2.40. The molecule has 3 aromatic carbocycles. The van der Waals surface area contributed by atoms with Crippen LogP contribution in [-0.4, -0.2) is 20.0 Å². The molecule has 0 saturated heterocycles. The molecule has 5 heteroatoms. The largest absolute Gasteiger partial charge is 0.493 e. The predicted octanol–water partition coefficient (Wildman–Crippen LogP) is 6.31. The van der Waals surface area contributed by atoms with Crippen molar-refractivity contribution in [2.45, 2.75) is 32.7 Å². The summed E-state index contributed by atoms with van der Waals surface area (Å²) in [5.41, 5.74) is 3.84. The molecule has 3 aromatic rings. The molecule has 0 spiro atoms. The summed E-state index contributed by atoms with van der Waals surface area (Å²) in [4.78, 5) is 13.5. The smallest absolute Gasteiger partial charge is 0.163 e. The number of rotatable bonds is 3. The lowest BCUT2D eigenvalue weighted by molar-refractivity contribution is -0.118.